The number of benzene rings is 1. The van der Waals surface area contributed by atoms with E-state index in [9.17, 15) is 0 Å². The van der Waals surface area contributed by atoms with E-state index in [1.54, 1.807) is 49.7 Å². The summed E-state index contributed by atoms with van der Waals surface area (Å²) < 4.78 is 0. The van der Waals surface area contributed by atoms with Crippen molar-refractivity contribution in [2.45, 2.75) is 198 Å². The van der Waals surface area contributed by atoms with E-state index in [4.69, 9.17) is 0 Å². The van der Waals surface area contributed by atoms with Crippen molar-refractivity contribution in [2.75, 3.05) is 0 Å². The Labute approximate surface area is 544 Å². The van der Waals surface area contributed by atoms with Crippen molar-refractivity contribution in [2.24, 2.45) is 0 Å². The van der Waals surface area contributed by atoms with Gasteiger partial charge in [0.15, 0.2) is 0 Å². The second-order valence-corrected chi connectivity index (χ2v) is 23.9. The molecule has 0 saturated carbocycles. The molecule has 0 unspecified atom stereocenters. The minimum absolute atomic E-state index is 0.436. The monoisotopic (exact) mass is 1210 g/mol. The molecule has 0 saturated heterocycles. The predicted molar refractivity (Wildman–Crippen MR) is 379 cm³/mol. The number of hydrogen-bond donors (Lipinski definition) is 0. The zero-order valence-corrected chi connectivity index (χ0v) is 58.1. The van der Waals surface area contributed by atoms with Crippen molar-refractivity contribution in [1.82, 2.24) is 59.8 Å². The van der Waals surface area contributed by atoms with Crippen LogP contribution in [-0.2, 0) is 0 Å². The molecule has 0 atom stereocenters. The van der Waals surface area contributed by atoms with Gasteiger partial charge >= 0.3 is 0 Å². The molecule has 480 valence electrons. The zero-order valence-electron chi connectivity index (χ0n) is 58.1. The average Bonchev–Trinajstić information content (AvgIpc) is 3.62. The van der Waals surface area contributed by atoms with Crippen LogP contribution in [0.4, 0.5) is 0 Å². The third-order valence-electron chi connectivity index (χ3n) is 12.9. The van der Waals surface area contributed by atoms with Crippen LogP contribution in [0.2, 0.25) is 0 Å². The minimum atomic E-state index is 0.436. The lowest BCUT2D eigenvalue weighted by atomic mass is 10.0. The Morgan fingerprint density at radius 1 is 0.189 bits per heavy atom. The maximum Gasteiger partial charge on any atom is 0.130 e. The van der Waals surface area contributed by atoms with Gasteiger partial charge in [-0.05, 0) is 154 Å². The van der Waals surface area contributed by atoms with Crippen molar-refractivity contribution in [3.63, 3.8) is 0 Å². The molecule has 0 radical (unpaired) electrons. The molecule has 0 fully saturated rings. The van der Waals surface area contributed by atoms with E-state index in [1.165, 1.54) is 22.3 Å². The highest BCUT2D eigenvalue weighted by atomic mass is 14.9. The molecule has 0 spiro atoms. The third-order valence-corrected chi connectivity index (χ3v) is 12.9. The molecule has 0 N–H and O–H groups in total. The van der Waals surface area contributed by atoms with E-state index in [0.29, 0.717) is 59.2 Å². The zero-order chi connectivity index (χ0) is 66.9. The Morgan fingerprint density at radius 2 is 0.533 bits per heavy atom. The topological polar surface area (TPSA) is 155 Å². The Bertz CT molecular complexity index is 2400. The fraction of sp³-hybridized carbons (Fsp3) is 0.385. The Hall–Kier alpha value is -8.64. The van der Waals surface area contributed by atoms with Crippen LogP contribution in [0, 0.1) is 0 Å². The largest absolute Gasteiger partial charge is 0.265 e. The number of hydrogen-bond acceptors (Lipinski definition) is 12. The van der Waals surface area contributed by atoms with Crippen molar-refractivity contribution in [3.8, 4) is 0 Å². The van der Waals surface area contributed by atoms with E-state index >= 15 is 0 Å². The van der Waals surface area contributed by atoms with Gasteiger partial charge in [0.1, 0.15) is 12.2 Å². The van der Waals surface area contributed by atoms with Gasteiger partial charge in [-0.1, -0.05) is 193 Å². The van der Waals surface area contributed by atoms with E-state index in [-0.39, 0.29) is 0 Å². The summed E-state index contributed by atoms with van der Waals surface area (Å²) in [6, 6.07) is 44.5. The minimum Gasteiger partial charge on any atom is -0.265 e. The van der Waals surface area contributed by atoms with Gasteiger partial charge in [0.2, 0.25) is 0 Å². The van der Waals surface area contributed by atoms with Crippen molar-refractivity contribution >= 4 is 0 Å². The van der Waals surface area contributed by atoms with E-state index in [0.717, 1.165) is 34.3 Å². The molecule has 10 aromatic rings. The molecule has 1 aromatic carbocycles. The number of nitrogens with zero attached hydrogens (tertiary/aromatic N) is 12. The van der Waals surface area contributed by atoms with Crippen LogP contribution < -0.4 is 0 Å². The number of pyridine rings is 6. The highest BCUT2D eigenvalue weighted by molar-refractivity contribution is 5.18. The third kappa shape index (κ3) is 39.3. The quantitative estimate of drug-likeness (QED) is 0.128. The van der Waals surface area contributed by atoms with Crippen LogP contribution in [0.15, 0.2) is 233 Å². The Balaban J connectivity index is 0.000000500. The van der Waals surface area contributed by atoms with Gasteiger partial charge in [0.25, 0.3) is 0 Å². The molecule has 0 bridgehead atoms. The lowest BCUT2D eigenvalue weighted by Gasteiger charge is -2.01. The first-order chi connectivity index (χ1) is 43.0. The molecular weight excluding hydrogens is 1100 g/mol. The number of rotatable bonds is 10. The van der Waals surface area contributed by atoms with Gasteiger partial charge in [-0.3, -0.25) is 39.9 Å². The maximum absolute atomic E-state index is 4.18. The highest BCUT2D eigenvalue weighted by Gasteiger charge is 2.02. The standard InChI is InChI=1S/C9H12.6C8H11N.3C7H10N2/c1-8(2)9-6-4-3-5-7-9;2*1-7(2)8-3-5-9-6-4-8;1-7(2)8-4-3-5-9-6-8;3*1-7(2)8-5-3-4-6-9-8;1-6(2)7-5-8-3-4-9-7;1-6(2)7-3-4-8-5-9-7;1-6(2)7-8-4-3-5-9-7/h3-8H,1-2H3;6*3-7H,1-2H3;3*3-6H,1-2H3. The van der Waals surface area contributed by atoms with Gasteiger partial charge in [-0.2, -0.15) is 0 Å². The van der Waals surface area contributed by atoms with Crippen LogP contribution in [-0.4, -0.2) is 59.8 Å². The van der Waals surface area contributed by atoms with Crippen molar-refractivity contribution < 1.29 is 0 Å². The molecule has 9 aromatic heterocycles. The first-order valence-corrected chi connectivity index (χ1v) is 31.8. The van der Waals surface area contributed by atoms with Crippen LogP contribution in [0.1, 0.15) is 254 Å². The summed E-state index contributed by atoms with van der Waals surface area (Å²) in [6.07, 6.45) is 28.6. The van der Waals surface area contributed by atoms with Crippen LogP contribution in [0.25, 0.3) is 0 Å². The van der Waals surface area contributed by atoms with Crippen LogP contribution >= 0.6 is 0 Å². The summed E-state index contributed by atoms with van der Waals surface area (Å²) in [5.41, 5.74) is 11.1. The average molecular weight is 1210 g/mol. The molecule has 12 nitrogen and oxygen atoms in total. The summed E-state index contributed by atoms with van der Waals surface area (Å²) >= 11 is 0. The first-order valence-electron chi connectivity index (χ1n) is 31.8. The second-order valence-electron chi connectivity index (χ2n) is 23.9. The lowest BCUT2D eigenvalue weighted by molar-refractivity contribution is 0.774. The molecule has 0 aliphatic heterocycles. The lowest BCUT2D eigenvalue weighted by Crippen LogP contribution is -1.93. The molecule has 0 aliphatic rings. The normalized spacial score (nSPS) is 10.1. The molecule has 0 amide bonds. The maximum atomic E-state index is 4.18. The number of aromatic nitrogens is 12. The summed E-state index contributed by atoms with van der Waals surface area (Å²) in [5.74, 6) is 6.48. The second kappa shape index (κ2) is 49.3. The SMILES string of the molecule is CC(C)c1ccccc1.CC(C)c1ccccn1.CC(C)c1ccccn1.CC(C)c1ccccn1.CC(C)c1cccnc1.CC(C)c1ccncc1.CC(C)c1ccncc1.CC(C)c1ccncn1.CC(C)c1cnccn1.CC(C)c1ncccn1. The molecule has 90 heavy (non-hydrogen) atoms. The molecule has 12 heteroatoms. The Kier molecular flexibility index (Phi) is 43.4. The van der Waals surface area contributed by atoms with Crippen LogP contribution in [0.5, 0.6) is 0 Å². The van der Waals surface area contributed by atoms with E-state index < -0.39 is 0 Å². The van der Waals surface area contributed by atoms with Gasteiger partial charge in [0.05, 0.1) is 5.69 Å². The molecule has 9 heterocycles. The molecule has 0 aliphatic carbocycles. The van der Waals surface area contributed by atoms with Crippen LogP contribution in [0.3, 0.4) is 0 Å². The van der Waals surface area contributed by atoms with Gasteiger partial charge in [-0.15, -0.1) is 0 Å². The van der Waals surface area contributed by atoms with Gasteiger partial charge in [-0.25, -0.2) is 19.9 Å². The van der Waals surface area contributed by atoms with Crippen molar-refractivity contribution in [3.05, 3.63) is 289 Å². The van der Waals surface area contributed by atoms with Gasteiger partial charge in [0, 0.05) is 122 Å². The smallest absolute Gasteiger partial charge is 0.130 e. The summed E-state index contributed by atoms with van der Waals surface area (Å²) in [5, 5.41) is 0. The van der Waals surface area contributed by atoms with Gasteiger partial charge < -0.3 is 0 Å². The van der Waals surface area contributed by atoms with E-state index in [2.05, 4.69) is 229 Å². The predicted octanol–water partition coefficient (Wildman–Crippen LogP) is 20.8. The first kappa shape index (κ1) is 79.4. The Morgan fingerprint density at radius 3 is 0.767 bits per heavy atom. The highest BCUT2D eigenvalue weighted by Crippen LogP contribution is 2.15. The fourth-order valence-corrected chi connectivity index (χ4v) is 7.06. The molecule has 10 rings (SSSR count). The summed E-state index contributed by atoms with van der Waals surface area (Å²) in [7, 11) is 0. The van der Waals surface area contributed by atoms with Crippen molar-refractivity contribution in [1.29, 1.82) is 0 Å². The molecular formula is C78H108N12. The summed E-state index contributed by atoms with van der Waals surface area (Å²) in [6.45, 7) is 42.9. The fourth-order valence-electron chi connectivity index (χ4n) is 7.06. The summed E-state index contributed by atoms with van der Waals surface area (Å²) in [4.78, 5) is 48.5. The van der Waals surface area contributed by atoms with E-state index in [1.807, 2.05) is 153 Å².